The van der Waals surface area contributed by atoms with Crippen molar-refractivity contribution in [2.24, 2.45) is 0 Å². The first-order valence-electron chi connectivity index (χ1n) is 9.11. The van der Waals surface area contributed by atoms with Crippen molar-refractivity contribution in [3.05, 3.63) is 58.0 Å². The number of halogens is 1. The number of nitrogens with one attached hydrogen (secondary N) is 1. The first-order valence-corrected chi connectivity index (χ1v) is 10.3. The smallest absolute Gasteiger partial charge is 0.341 e. The van der Waals surface area contributed by atoms with Crippen molar-refractivity contribution in [1.82, 2.24) is 4.90 Å². The van der Waals surface area contributed by atoms with Crippen LogP contribution in [0.3, 0.4) is 0 Å². The van der Waals surface area contributed by atoms with Crippen LogP contribution in [0.5, 0.6) is 11.5 Å². The molecule has 0 saturated carbocycles. The minimum absolute atomic E-state index is 0.127. The van der Waals surface area contributed by atoms with Crippen molar-refractivity contribution in [3.63, 3.8) is 0 Å². The highest BCUT2D eigenvalue weighted by Crippen LogP contribution is 2.34. The van der Waals surface area contributed by atoms with Gasteiger partial charge < -0.3 is 19.9 Å². The van der Waals surface area contributed by atoms with Crippen LogP contribution in [0.4, 0.5) is 10.5 Å². The zero-order chi connectivity index (χ0) is 23.3. The molecule has 0 atom stereocenters. The lowest BCUT2D eigenvalue weighted by molar-refractivity contribution is -0.139. The van der Waals surface area contributed by atoms with Gasteiger partial charge in [-0.25, -0.2) is 4.79 Å². The molecular formula is C21H17ClN2O7S. The lowest BCUT2D eigenvalue weighted by atomic mass is 10.2. The Labute approximate surface area is 191 Å². The number of hydrogen-bond donors (Lipinski definition) is 2. The number of carboxylic acid groups (broad SMARTS) is 1. The van der Waals surface area contributed by atoms with E-state index in [9.17, 15) is 19.2 Å². The van der Waals surface area contributed by atoms with Gasteiger partial charge in [0.2, 0.25) is 5.91 Å². The lowest BCUT2D eigenvalue weighted by Crippen LogP contribution is -2.36. The van der Waals surface area contributed by atoms with E-state index >= 15 is 0 Å². The molecule has 2 N–H and O–H groups in total. The largest absolute Gasteiger partial charge is 0.493 e. The van der Waals surface area contributed by atoms with Gasteiger partial charge in [-0.1, -0.05) is 29.8 Å². The molecule has 1 aliphatic rings. The van der Waals surface area contributed by atoms with E-state index in [1.807, 2.05) is 0 Å². The zero-order valence-electron chi connectivity index (χ0n) is 16.7. The van der Waals surface area contributed by atoms with Gasteiger partial charge in [0.1, 0.15) is 6.54 Å². The highest BCUT2D eigenvalue weighted by Gasteiger charge is 2.36. The summed E-state index contributed by atoms with van der Waals surface area (Å²) in [7, 11) is 1.39. The summed E-state index contributed by atoms with van der Waals surface area (Å²) >= 11 is 6.71. The van der Waals surface area contributed by atoms with Gasteiger partial charge in [0.25, 0.3) is 11.1 Å². The van der Waals surface area contributed by atoms with E-state index in [4.69, 9.17) is 26.2 Å². The van der Waals surface area contributed by atoms with Crippen LogP contribution in [0, 0.1) is 0 Å². The number of para-hydroxylation sites is 1. The summed E-state index contributed by atoms with van der Waals surface area (Å²) in [6, 6.07) is 11.2. The van der Waals surface area contributed by atoms with Crippen LogP contribution in [0.25, 0.3) is 6.08 Å². The molecule has 3 amide bonds. The molecule has 1 heterocycles. The Balaban J connectivity index is 1.71. The van der Waals surface area contributed by atoms with Crippen LogP contribution < -0.4 is 14.8 Å². The van der Waals surface area contributed by atoms with Crippen molar-refractivity contribution in [2.45, 2.75) is 0 Å². The van der Waals surface area contributed by atoms with E-state index in [-0.39, 0.29) is 16.4 Å². The summed E-state index contributed by atoms with van der Waals surface area (Å²) in [6.07, 6.45) is 1.47. The minimum Gasteiger partial charge on any atom is -0.493 e. The third-order valence-electron chi connectivity index (χ3n) is 4.16. The number of ether oxygens (including phenoxy) is 2. The topological polar surface area (TPSA) is 122 Å². The van der Waals surface area contributed by atoms with E-state index < -0.39 is 36.2 Å². The number of nitrogens with zero attached hydrogens (tertiary/aromatic N) is 1. The van der Waals surface area contributed by atoms with Crippen LogP contribution in [0.15, 0.2) is 47.4 Å². The number of aliphatic carboxylic acids is 1. The number of carbonyl (C=O) groups excluding carboxylic acids is 3. The van der Waals surface area contributed by atoms with Gasteiger partial charge >= 0.3 is 5.97 Å². The van der Waals surface area contributed by atoms with Gasteiger partial charge in [0.15, 0.2) is 18.1 Å². The van der Waals surface area contributed by atoms with Crippen LogP contribution in [0.1, 0.15) is 5.56 Å². The Hall–Kier alpha value is -3.50. The molecule has 2 aromatic rings. The summed E-state index contributed by atoms with van der Waals surface area (Å²) in [4.78, 5) is 48.9. The highest BCUT2D eigenvalue weighted by atomic mass is 35.5. The number of methoxy groups -OCH3 is 1. The van der Waals surface area contributed by atoms with Crippen molar-refractivity contribution < 1.29 is 33.8 Å². The van der Waals surface area contributed by atoms with Crippen molar-refractivity contribution >= 4 is 58.1 Å². The Morgan fingerprint density at radius 2 is 1.94 bits per heavy atom. The van der Waals surface area contributed by atoms with Crippen molar-refractivity contribution in [2.75, 3.05) is 25.6 Å². The maximum absolute atomic E-state index is 12.7. The van der Waals surface area contributed by atoms with Gasteiger partial charge in [-0.15, -0.1) is 0 Å². The molecule has 11 heteroatoms. The van der Waals surface area contributed by atoms with E-state index in [1.54, 1.807) is 30.3 Å². The van der Waals surface area contributed by atoms with Crippen LogP contribution in [-0.4, -0.2) is 53.3 Å². The van der Waals surface area contributed by atoms with Gasteiger partial charge in [0.05, 0.1) is 22.7 Å². The molecule has 1 saturated heterocycles. The number of hydrogen-bond acceptors (Lipinski definition) is 7. The molecule has 0 aliphatic carbocycles. The fraction of sp³-hybridized carbons (Fsp3) is 0.143. The molecule has 9 nitrogen and oxygen atoms in total. The van der Waals surface area contributed by atoms with Crippen LogP contribution in [-0.2, 0) is 14.4 Å². The van der Waals surface area contributed by atoms with Gasteiger partial charge in [-0.05, 0) is 47.7 Å². The number of anilines is 1. The van der Waals surface area contributed by atoms with Gasteiger partial charge in [0, 0.05) is 0 Å². The molecule has 1 aliphatic heterocycles. The summed E-state index contributed by atoms with van der Waals surface area (Å²) in [5.41, 5.74) is 0.898. The number of amides is 3. The maximum atomic E-state index is 12.7. The van der Waals surface area contributed by atoms with E-state index in [1.165, 1.54) is 25.3 Å². The van der Waals surface area contributed by atoms with E-state index in [2.05, 4.69) is 5.32 Å². The minimum atomic E-state index is -1.14. The van der Waals surface area contributed by atoms with Crippen LogP contribution >= 0.6 is 23.4 Å². The fourth-order valence-corrected chi connectivity index (χ4v) is 3.74. The number of benzene rings is 2. The lowest BCUT2D eigenvalue weighted by Gasteiger charge is -2.13. The molecule has 3 rings (SSSR count). The first kappa shape index (κ1) is 23.2. The second kappa shape index (κ2) is 10.2. The Morgan fingerprint density at radius 1 is 1.19 bits per heavy atom. The summed E-state index contributed by atoms with van der Waals surface area (Å²) in [5, 5.41) is 11.1. The second-order valence-electron chi connectivity index (χ2n) is 6.39. The molecule has 0 unspecified atom stereocenters. The highest BCUT2D eigenvalue weighted by molar-refractivity contribution is 8.18. The van der Waals surface area contributed by atoms with E-state index in [0.717, 1.165) is 4.90 Å². The Morgan fingerprint density at radius 3 is 2.62 bits per heavy atom. The quantitative estimate of drug-likeness (QED) is 0.555. The average molecular weight is 477 g/mol. The standard InChI is InChI=1S/C21H17ClN2O7S/c1-30-16-8-12(6-7-15(16)31-11-19(26)27)9-17-20(28)24(21(29)32-17)10-18(25)23-14-5-3-2-4-13(14)22/h2-9H,10-11H2,1H3,(H,23,25)(H,26,27)/b17-9+. The average Bonchev–Trinajstić information content (AvgIpc) is 3.01. The number of carbonyl (C=O) groups is 4. The van der Waals surface area contributed by atoms with Gasteiger partial charge in [-0.3, -0.25) is 19.3 Å². The fourth-order valence-electron chi connectivity index (χ4n) is 2.72. The molecule has 32 heavy (non-hydrogen) atoms. The third kappa shape index (κ3) is 5.59. The summed E-state index contributed by atoms with van der Waals surface area (Å²) in [5.74, 6) is -1.83. The summed E-state index contributed by atoms with van der Waals surface area (Å²) in [6.45, 7) is -0.997. The molecule has 0 aromatic heterocycles. The molecule has 166 valence electrons. The SMILES string of the molecule is COc1cc(/C=C2/SC(=O)N(CC(=O)Nc3ccccc3Cl)C2=O)ccc1OCC(=O)O. The molecule has 0 bridgehead atoms. The van der Waals surface area contributed by atoms with Crippen LogP contribution in [0.2, 0.25) is 5.02 Å². The predicted molar refractivity (Wildman–Crippen MR) is 119 cm³/mol. The zero-order valence-corrected chi connectivity index (χ0v) is 18.2. The second-order valence-corrected chi connectivity index (χ2v) is 7.79. The van der Waals surface area contributed by atoms with E-state index in [0.29, 0.717) is 28.0 Å². The number of rotatable bonds is 8. The first-order chi connectivity index (χ1) is 15.3. The molecule has 1 fully saturated rings. The van der Waals surface area contributed by atoms with Crippen molar-refractivity contribution in [1.29, 1.82) is 0 Å². The monoisotopic (exact) mass is 476 g/mol. The number of thioether (sulfide) groups is 1. The number of carboxylic acids is 1. The molecule has 2 aromatic carbocycles. The molecule has 0 radical (unpaired) electrons. The molecule has 0 spiro atoms. The third-order valence-corrected chi connectivity index (χ3v) is 5.40. The Bertz CT molecular complexity index is 1120. The van der Waals surface area contributed by atoms with Crippen molar-refractivity contribution in [3.8, 4) is 11.5 Å². The number of imide groups is 1. The molecular weight excluding hydrogens is 460 g/mol. The predicted octanol–water partition coefficient (Wildman–Crippen LogP) is 3.49. The normalized spacial score (nSPS) is 14.6. The maximum Gasteiger partial charge on any atom is 0.341 e. The Kier molecular flexibility index (Phi) is 7.39. The van der Waals surface area contributed by atoms with Gasteiger partial charge in [-0.2, -0.15) is 0 Å². The summed E-state index contributed by atoms with van der Waals surface area (Å²) < 4.78 is 10.3.